The van der Waals surface area contributed by atoms with Crippen LogP contribution in [0.1, 0.15) is 55.1 Å². The molecule has 1 nitrogen and oxygen atoms in total. The van der Waals surface area contributed by atoms with Crippen LogP contribution in [0.5, 0.6) is 0 Å². The van der Waals surface area contributed by atoms with E-state index >= 15 is 0 Å². The summed E-state index contributed by atoms with van der Waals surface area (Å²) in [4.78, 5) is 4.93. The molecule has 1 aromatic heterocycles. The summed E-state index contributed by atoms with van der Waals surface area (Å²) in [5, 5.41) is 3.86. The molecule has 4 bridgehead atoms. The molecule has 0 saturated heterocycles. The Balaban J connectivity index is 0.00000131. The Morgan fingerprint density at radius 2 is 1.71 bits per heavy atom. The van der Waals surface area contributed by atoms with Crippen LogP contribution in [0.3, 0.4) is 0 Å². The topological polar surface area (TPSA) is 12.9 Å². The van der Waals surface area contributed by atoms with Gasteiger partial charge in [-0.05, 0) is 77.8 Å². The Morgan fingerprint density at radius 1 is 0.917 bits per heavy atom. The van der Waals surface area contributed by atoms with Crippen molar-refractivity contribution in [3.63, 3.8) is 0 Å². The summed E-state index contributed by atoms with van der Waals surface area (Å²) in [6.45, 7) is 0. The third kappa shape index (κ3) is 1.99. The predicted molar refractivity (Wildman–Crippen MR) is 93.6 cm³/mol. The van der Waals surface area contributed by atoms with E-state index in [1.807, 2.05) is 6.07 Å². The number of hydrogen-bond acceptors (Lipinski definition) is 1. The monoisotopic (exact) mass is 491 g/mol. The molecule has 1 heterocycles. The fourth-order valence-corrected chi connectivity index (χ4v) is 6.01. The number of aromatic nitrogens is 1. The van der Waals surface area contributed by atoms with Crippen molar-refractivity contribution < 1.29 is 20.1 Å². The summed E-state index contributed by atoms with van der Waals surface area (Å²) in [7, 11) is 0. The summed E-state index contributed by atoms with van der Waals surface area (Å²) in [6, 6.07) is 14.3. The van der Waals surface area contributed by atoms with Gasteiger partial charge in [0, 0.05) is 26.3 Å². The zero-order valence-corrected chi connectivity index (χ0v) is 16.0. The van der Waals surface area contributed by atoms with Gasteiger partial charge in [-0.3, -0.25) is 0 Å². The summed E-state index contributed by atoms with van der Waals surface area (Å²) >= 11 is 0. The number of hydrogen-bond donors (Lipinski definition) is 0. The number of nitrogens with zero attached hydrogens (tertiary/aromatic N) is 1. The molecule has 0 amide bonds. The molecule has 2 heteroatoms. The van der Waals surface area contributed by atoms with Gasteiger partial charge in [0.25, 0.3) is 0 Å². The molecule has 0 N–H and O–H groups in total. The largest absolute Gasteiger partial charge is 0.304 e. The van der Waals surface area contributed by atoms with Gasteiger partial charge < -0.3 is 4.98 Å². The molecular weight excluding hydrogens is 470 g/mol. The fraction of sp³-hybridized carbons (Fsp3) is 0.409. The van der Waals surface area contributed by atoms with E-state index in [0.29, 0.717) is 0 Å². The van der Waals surface area contributed by atoms with Crippen LogP contribution in [0.4, 0.5) is 0 Å². The number of benzene rings is 2. The van der Waals surface area contributed by atoms with Gasteiger partial charge in [0.2, 0.25) is 0 Å². The van der Waals surface area contributed by atoms with Crippen LogP contribution < -0.4 is 0 Å². The van der Waals surface area contributed by atoms with Crippen molar-refractivity contribution in [3.05, 3.63) is 53.7 Å². The van der Waals surface area contributed by atoms with Gasteiger partial charge >= 0.3 is 0 Å². The van der Waals surface area contributed by atoms with E-state index in [-0.39, 0.29) is 20.1 Å². The van der Waals surface area contributed by atoms with E-state index in [2.05, 4.69) is 36.5 Å². The van der Waals surface area contributed by atoms with E-state index in [0.717, 1.165) is 23.7 Å². The Hall–Kier alpha value is -1.24. The zero-order valence-electron chi connectivity index (χ0n) is 13.6. The van der Waals surface area contributed by atoms with Crippen molar-refractivity contribution in [1.82, 2.24) is 4.98 Å². The maximum atomic E-state index is 4.93. The molecular formula is C22H20IrN-. The second kappa shape index (κ2) is 5.38. The first-order valence-electron chi connectivity index (χ1n) is 9.09. The molecule has 1 radical (unpaired) electrons. The van der Waals surface area contributed by atoms with Gasteiger partial charge in [0.15, 0.2) is 0 Å². The molecule has 2 aromatic carbocycles. The molecule has 7 rings (SSSR count). The minimum absolute atomic E-state index is 0. The molecule has 123 valence electrons. The number of rotatable bonds is 0. The van der Waals surface area contributed by atoms with Gasteiger partial charge in [0.1, 0.15) is 0 Å². The first-order chi connectivity index (χ1) is 11.4. The van der Waals surface area contributed by atoms with Crippen molar-refractivity contribution in [2.75, 3.05) is 0 Å². The van der Waals surface area contributed by atoms with E-state index in [1.54, 1.807) is 11.1 Å². The Kier molecular flexibility index (Phi) is 3.37. The standard InChI is InChI=1S/C22H20N.Ir/c1-2-4-18-15(3-1)5-6-19-21-17-10-13-7-14(11-17)9-16(8-13)20(21)12-23-22(18)19;/h1-3,5-6,12-14,16-17H,7-11H2;/q-1;. The molecule has 3 aromatic rings. The first kappa shape index (κ1) is 15.0. The van der Waals surface area contributed by atoms with Gasteiger partial charge in [0.05, 0.1) is 0 Å². The minimum atomic E-state index is 0. The van der Waals surface area contributed by atoms with Crippen LogP contribution in [0.2, 0.25) is 0 Å². The van der Waals surface area contributed by atoms with E-state index in [9.17, 15) is 0 Å². The van der Waals surface area contributed by atoms with E-state index in [1.165, 1.54) is 53.8 Å². The number of pyridine rings is 1. The molecule has 2 saturated carbocycles. The molecule has 4 aliphatic rings. The maximum Gasteiger partial charge on any atom is 0.0199 e. The van der Waals surface area contributed by atoms with Crippen LogP contribution in [-0.2, 0) is 20.1 Å². The summed E-state index contributed by atoms with van der Waals surface area (Å²) in [5.41, 5.74) is 4.41. The molecule has 2 fully saturated rings. The SMILES string of the molecule is [Ir].[c-]1cccc2ccc3c4c(cnc3c12)C1CC2CC(C1)CC4C2. The predicted octanol–water partition coefficient (Wildman–Crippen LogP) is 5.58. The van der Waals surface area contributed by atoms with Crippen molar-refractivity contribution in [2.45, 2.75) is 43.9 Å². The van der Waals surface area contributed by atoms with Crippen molar-refractivity contribution in [3.8, 4) is 0 Å². The summed E-state index contributed by atoms with van der Waals surface area (Å²) < 4.78 is 0. The average molecular weight is 491 g/mol. The summed E-state index contributed by atoms with van der Waals surface area (Å²) in [6.07, 6.45) is 9.36. The van der Waals surface area contributed by atoms with Crippen molar-refractivity contribution in [2.24, 2.45) is 11.8 Å². The third-order valence-corrected chi connectivity index (χ3v) is 6.73. The smallest absolute Gasteiger partial charge is 0.0199 e. The Bertz CT molecular complexity index is 933. The van der Waals surface area contributed by atoms with Crippen LogP contribution in [0.15, 0.2) is 36.5 Å². The Morgan fingerprint density at radius 3 is 2.54 bits per heavy atom. The molecule has 2 atom stereocenters. The molecule has 4 aliphatic carbocycles. The van der Waals surface area contributed by atoms with Crippen molar-refractivity contribution in [1.29, 1.82) is 0 Å². The van der Waals surface area contributed by atoms with Crippen LogP contribution in [0, 0.1) is 17.9 Å². The van der Waals surface area contributed by atoms with Gasteiger partial charge in [-0.15, -0.1) is 35.0 Å². The van der Waals surface area contributed by atoms with Crippen LogP contribution >= 0.6 is 0 Å². The van der Waals surface area contributed by atoms with Crippen LogP contribution in [-0.4, -0.2) is 4.98 Å². The molecule has 24 heavy (non-hydrogen) atoms. The third-order valence-electron chi connectivity index (χ3n) is 6.73. The maximum absolute atomic E-state index is 4.93. The number of fused-ring (bicyclic) bond motifs is 3. The minimum Gasteiger partial charge on any atom is -0.304 e. The Labute approximate surface area is 156 Å². The van der Waals surface area contributed by atoms with Gasteiger partial charge in [-0.1, -0.05) is 12.1 Å². The second-order valence-corrected chi connectivity index (χ2v) is 8.03. The average Bonchev–Trinajstić information content (AvgIpc) is 2.76. The van der Waals surface area contributed by atoms with Gasteiger partial charge in [-0.2, -0.15) is 0 Å². The second-order valence-electron chi connectivity index (χ2n) is 8.03. The molecule has 0 spiro atoms. The summed E-state index contributed by atoms with van der Waals surface area (Å²) in [5.74, 6) is 3.47. The first-order valence-corrected chi connectivity index (χ1v) is 9.09. The van der Waals surface area contributed by atoms with Gasteiger partial charge in [-0.25, -0.2) is 0 Å². The normalized spacial score (nSPS) is 30.2. The van der Waals surface area contributed by atoms with Crippen molar-refractivity contribution >= 4 is 21.7 Å². The van der Waals surface area contributed by atoms with E-state index < -0.39 is 0 Å². The zero-order chi connectivity index (χ0) is 15.0. The molecule has 0 aliphatic heterocycles. The fourth-order valence-electron chi connectivity index (χ4n) is 6.01. The van der Waals surface area contributed by atoms with E-state index in [4.69, 9.17) is 4.98 Å². The molecule has 2 unspecified atom stereocenters. The van der Waals surface area contributed by atoms with Crippen LogP contribution in [0.25, 0.3) is 21.7 Å². The quantitative estimate of drug-likeness (QED) is 0.296.